The van der Waals surface area contributed by atoms with Crippen molar-refractivity contribution in [1.29, 1.82) is 0 Å². The molecule has 0 bridgehead atoms. The summed E-state index contributed by atoms with van der Waals surface area (Å²) in [6.45, 7) is 3.84. The maximum Gasteiger partial charge on any atom is 0.275 e. The van der Waals surface area contributed by atoms with Crippen molar-refractivity contribution in [3.63, 3.8) is 0 Å². The molecule has 0 saturated carbocycles. The van der Waals surface area contributed by atoms with Gasteiger partial charge in [0.25, 0.3) is 12.3 Å². The number of hydrogen-bond donors (Lipinski definition) is 3. The summed E-state index contributed by atoms with van der Waals surface area (Å²) in [5.41, 5.74) is 9.13. The average Bonchev–Trinajstić information content (AvgIpc) is 3.55. The maximum atomic E-state index is 13.1. The van der Waals surface area contributed by atoms with E-state index in [0.29, 0.717) is 46.0 Å². The van der Waals surface area contributed by atoms with Gasteiger partial charge in [0.15, 0.2) is 0 Å². The molecule has 0 radical (unpaired) electrons. The zero-order valence-corrected chi connectivity index (χ0v) is 21.1. The number of thiazole rings is 1. The van der Waals surface area contributed by atoms with Crippen LogP contribution in [0.5, 0.6) is 0 Å². The zero-order valence-electron chi connectivity index (χ0n) is 20.2. The van der Waals surface area contributed by atoms with Crippen LogP contribution in [0.3, 0.4) is 0 Å². The Morgan fingerprint density at radius 2 is 2.00 bits per heavy atom. The molecule has 0 aliphatic rings. The fraction of sp³-hybridized carbons (Fsp3) is 0.222. The van der Waals surface area contributed by atoms with Gasteiger partial charge in [0.2, 0.25) is 0 Å². The van der Waals surface area contributed by atoms with E-state index in [0.717, 1.165) is 5.56 Å². The zero-order chi connectivity index (χ0) is 26.6. The van der Waals surface area contributed by atoms with Gasteiger partial charge in [0.1, 0.15) is 10.7 Å². The summed E-state index contributed by atoms with van der Waals surface area (Å²) in [6.07, 6.45) is 2.62. The summed E-state index contributed by atoms with van der Waals surface area (Å²) in [4.78, 5) is 21.9. The summed E-state index contributed by atoms with van der Waals surface area (Å²) in [7, 11) is 0. The van der Waals surface area contributed by atoms with Crippen molar-refractivity contribution in [2.75, 3.05) is 17.6 Å². The average molecular weight is 525 g/mol. The number of nitrogen functional groups attached to an aromatic ring is 1. The third-order valence-corrected chi connectivity index (χ3v) is 6.42. The van der Waals surface area contributed by atoms with Crippen LogP contribution in [-0.4, -0.2) is 34.4 Å². The number of nitrogens with two attached hydrogens (primary N) is 1. The van der Waals surface area contributed by atoms with Crippen LogP contribution in [0, 0.1) is 0 Å². The summed E-state index contributed by atoms with van der Waals surface area (Å²) in [5.74, 6) is -0.439. The SMILES string of the molecule is CC(C)(O)CCN=Cc1cc(NC(=O)c2csc(-c3ccc(C(F)F)cc3)n2)c(-c2ccoc2)cc1N. The molecule has 7 nitrogen and oxygen atoms in total. The van der Waals surface area contributed by atoms with Crippen LogP contribution in [0.4, 0.5) is 20.2 Å². The van der Waals surface area contributed by atoms with Crippen LogP contribution in [0.15, 0.2) is 69.8 Å². The highest BCUT2D eigenvalue weighted by Crippen LogP contribution is 2.33. The Labute approximate surface area is 216 Å². The lowest BCUT2D eigenvalue weighted by atomic mass is 10.0. The van der Waals surface area contributed by atoms with Crippen molar-refractivity contribution in [3.05, 3.63) is 77.2 Å². The van der Waals surface area contributed by atoms with Gasteiger partial charge in [-0.3, -0.25) is 9.79 Å². The molecule has 2 aromatic carbocycles. The number of rotatable bonds is 9. The monoisotopic (exact) mass is 524 g/mol. The number of aliphatic imine (C=N–C) groups is 1. The third-order valence-electron chi connectivity index (χ3n) is 5.53. The number of amides is 1. The van der Waals surface area contributed by atoms with Gasteiger partial charge in [-0.1, -0.05) is 24.3 Å². The number of carbonyl (C=O) groups is 1. The number of aliphatic hydroxyl groups is 1. The number of benzene rings is 2. The fourth-order valence-electron chi connectivity index (χ4n) is 3.47. The Morgan fingerprint density at radius 1 is 1.24 bits per heavy atom. The second kappa shape index (κ2) is 11.0. The molecule has 0 fully saturated rings. The molecule has 2 heterocycles. The molecule has 0 aliphatic heterocycles. The molecule has 0 saturated heterocycles. The molecular formula is C27H26F2N4O3S. The van der Waals surface area contributed by atoms with E-state index in [-0.39, 0.29) is 11.3 Å². The minimum atomic E-state index is -2.55. The minimum absolute atomic E-state index is 0.0761. The summed E-state index contributed by atoms with van der Waals surface area (Å²) < 4.78 is 30.9. The first-order chi connectivity index (χ1) is 17.6. The Morgan fingerprint density at radius 3 is 2.65 bits per heavy atom. The van der Waals surface area contributed by atoms with Crippen molar-refractivity contribution in [2.45, 2.75) is 32.3 Å². The highest BCUT2D eigenvalue weighted by Gasteiger charge is 2.17. The third kappa shape index (κ3) is 6.66. The molecular weight excluding hydrogens is 498 g/mol. The molecule has 4 N–H and O–H groups in total. The van der Waals surface area contributed by atoms with Crippen LogP contribution in [-0.2, 0) is 0 Å². The lowest BCUT2D eigenvalue weighted by Crippen LogP contribution is -2.19. The number of nitrogens with zero attached hydrogens (tertiary/aromatic N) is 2. The Bertz CT molecular complexity index is 1390. The van der Waals surface area contributed by atoms with Gasteiger partial charge in [-0.15, -0.1) is 11.3 Å². The molecule has 1 amide bonds. The first-order valence-corrected chi connectivity index (χ1v) is 12.3. The van der Waals surface area contributed by atoms with Crippen LogP contribution in [0.25, 0.3) is 21.7 Å². The molecule has 4 aromatic rings. The van der Waals surface area contributed by atoms with Gasteiger partial charge in [0, 0.05) is 57.3 Å². The molecule has 0 aliphatic carbocycles. The second-order valence-corrected chi connectivity index (χ2v) is 9.91. The highest BCUT2D eigenvalue weighted by molar-refractivity contribution is 7.13. The van der Waals surface area contributed by atoms with Gasteiger partial charge >= 0.3 is 0 Å². The maximum absolute atomic E-state index is 13.1. The van der Waals surface area contributed by atoms with E-state index in [1.165, 1.54) is 29.7 Å². The van der Waals surface area contributed by atoms with E-state index in [9.17, 15) is 18.7 Å². The van der Waals surface area contributed by atoms with Gasteiger partial charge in [-0.2, -0.15) is 0 Å². The molecule has 10 heteroatoms. The fourth-order valence-corrected chi connectivity index (χ4v) is 4.28. The van der Waals surface area contributed by atoms with Gasteiger partial charge < -0.3 is 20.6 Å². The largest absolute Gasteiger partial charge is 0.472 e. The van der Waals surface area contributed by atoms with E-state index >= 15 is 0 Å². The van der Waals surface area contributed by atoms with Gasteiger partial charge in [-0.25, -0.2) is 13.8 Å². The molecule has 0 unspecified atom stereocenters. The number of halogens is 2. The van der Waals surface area contributed by atoms with Crippen LogP contribution in [0.2, 0.25) is 0 Å². The molecule has 0 atom stereocenters. The smallest absolute Gasteiger partial charge is 0.275 e. The van der Waals surface area contributed by atoms with Crippen LogP contribution >= 0.6 is 11.3 Å². The van der Waals surface area contributed by atoms with Crippen molar-refractivity contribution in [2.24, 2.45) is 4.99 Å². The number of furan rings is 1. The molecule has 0 spiro atoms. The summed E-state index contributed by atoms with van der Waals surface area (Å²) >= 11 is 1.24. The van der Waals surface area contributed by atoms with Gasteiger partial charge in [0.05, 0.1) is 18.1 Å². The quantitative estimate of drug-likeness (QED) is 0.173. The van der Waals surface area contributed by atoms with Crippen molar-refractivity contribution in [1.82, 2.24) is 4.98 Å². The van der Waals surface area contributed by atoms with E-state index in [4.69, 9.17) is 10.2 Å². The van der Waals surface area contributed by atoms with E-state index in [1.807, 2.05) is 0 Å². The molecule has 37 heavy (non-hydrogen) atoms. The normalized spacial score (nSPS) is 11.9. The minimum Gasteiger partial charge on any atom is -0.472 e. The number of alkyl halides is 2. The number of nitrogens with one attached hydrogen (secondary N) is 1. The number of hydrogen-bond acceptors (Lipinski definition) is 7. The lowest BCUT2D eigenvalue weighted by Gasteiger charge is -2.15. The van der Waals surface area contributed by atoms with Crippen molar-refractivity contribution < 1.29 is 23.1 Å². The van der Waals surface area contributed by atoms with Crippen molar-refractivity contribution in [3.8, 4) is 21.7 Å². The Kier molecular flexibility index (Phi) is 7.80. The Hall–Kier alpha value is -3.89. The van der Waals surface area contributed by atoms with Crippen molar-refractivity contribution >= 4 is 34.8 Å². The lowest BCUT2D eigenvalue weighted by molar-refractivity contribution is 0.0739. The summed E-state index contributed by atoms with van der Waals surface area (Å²) in [5, 5.41) is 14.9. The van der Waals surface area contributed by atoms with E-state index in [1.54, 1.807) is 62.0 Å². The predicted molar refractivity (Wildman–Crippen MR) is 142 cm³/mol. The number of anilines is 2. The molecule has 2 aromatic heterocycles. The van der Waals surface area contributed by atoms with Crippen LogP contribution < -0.4 is 11.1 Å². The number of aromatic nitrogens is 1. The predicted octanol–water partition coefficient (Wildman–Crippen LogP) is 6.42. The standard InChI is InChI=1S/C27H26F2N4O3S/c1-27(2,35)8-9-31-13-19-11-22(20(12-21(19)30)18-7-10-36-14-18)32-25(34)23-15-37-26(33-23)17-5-3-16(4-6-17)24(28)29/h3-7,10-15,24,35H,8-9,30H2,1-2H3,(H,32,34). The van der Waals surface area contributed by atoms with E-state index in [2.05, 4.69) is 15.3 Å². The topological polar surface area (TPSA) is 114 Å². The first-order valence-electron chi connectivity index (χ1n) is 11.4. The molecule has 192 valence electrons. The van der Waals surface area contributed by atoms with Gasteiger partial charge in [-0.05, 0) is 38.5 Å². The molecule has 4 rings (SSSR count). The second-order valence-electron chi connectivity index (χ2n) is 9.05. The summed E-state index contributed by atoms with van der Waals surface area (Å²) in [6, 6.07) is 11.0. The Balaban J connectivity index is 1.58. The number of carbonyl (C=O) groups excluding carboxylic acids is 1. The van der Waals surface area contributed by atoms with E-state index < -0.39 is 17.9 Å². The highest BCUT2D eigenvalue weighted by atomic mass is 32.1. The van der Waals surface area contributed by atoms with Crippen LogP contribution in [0.1, 0.15) is 48.3 Å². The first kappa shape index (κ1) is 26.2.